The lowest BCUT2D eigenvalue weighted by Gasteiger charge is -2.18. The van der Waals surface area contributed by atoms with Gasteiger partial charge in [-0.15, -0.1) is 0 Å². The molecule has 1 aliphatic rings. The predicted molar refractivity (Wildman–Crippen MR) is 85.8 cm³/mol. The predicted octanol–water partition coefficient (Wildman–Crippen LogP) is 3.63. The molecule has 2 heterocycles. The van der Waals surface area contributed by atoms with Gasteiger partial charge >= 0.3 is 0 Å². The summed E-state index contributed by atoms with van der Waals surface area (Å²) in [7, 11) is 0. The second kappa shape index (κ2) is 5.19. The molecule has 0 N–H and O–H groups in total. The molecule has 3 heteroatoms. The smallest absolute Gasteiger partial charge is 0.254 e. The topological polar surface area (TPSA) is 25.2 Å². The first-order valence-corrected chi connectivity index (χ1v) is 7.41. The fraction of sp³-hybridized carbons (Fsp3) is 0.105. The van der Waals surface area contributed by atoms with Crippen LogP contribution in [0.2, 0.25) is 0 Å². The molecule has 3 nitrogen and oxygen atoms in total. The van der Waals surface area contributed by atoms with Crippen molar-refractivity contribution < 1.29 is 4.79 Å². The van der Waals surface area contributed by atoms with Crippen LogP contribution in [0.15, 0.2) is 73.1 Å². The van der Waals surface area contributed by atoms with E-state index in [4.69, 9.17) is 0 Å². The second-order valence-corrected chi connectivity index (χ2v) is 5.54. The molecule has 0 aliphatic carbocycles. The summed E-state index contributed by atoms with van der Waals surface area (Å²) >= 11 is 0. The Balaban J connectivity index is 1.65. The van der Waals surface area contributed by atoms with Gasteiger partial charge in [-0.1, -0.05) is 36.4 Å². The highest BCUT2D eigenvalue weighted by molar-refractivity contribution is 5.98. The molecular formula is C19H16N2O. The Morgan fingerprint density at radius 2 is 1.59 bits per heavy atom. The van der Waals surface area contributed by atoms with E-state index in [0.717, 1.165) is 22.4 Å². The SMILES string of the molecule is O=C1c2ccccc2CN1Cc1ccccc1-n1cccc1. The summed E-state index contributed by atoms with van der Waals surface area (Å²) in [5, 5.41) is 0. The zero-order valence-electron chi connectivity index (χ0n) is 12.1. The van der Waals surface area contributed by atoms with Crippen LogP contribution in [-0.2, 0) is 13.1 Å². The minimum Gasteiger partial charge on any atom is -0.330 e. The quantitative estimate of drug-likeness (QED) is 0.722. The fourth-order valence-electron chi connectivity index (χ4n) is 3.04. The van der Waals surface area contributed by atoms with Gasteiger partial charge < -0.3 is 9.47 Å². The molecule has 0 fully saturated rings. The molecule has 0 unspecified atom stereocenters. The molecule has 0 atom stereocenters. The largest absolute Gasteiger partial charge is 0.330 e. The molecule has 0 saturated carbocycles. The maximum Gasteiger partial charge on any atom is 0.254 e. The minimum atomic E-state index is 0.123. The monoisotopic (exact) mass is 288 g/mol. The van der Waals surface area contributed by atoms with E-state index in [2.05, 4.69) is 16.7 Å². The van der Waals surface area contributed by atoms with Crippen LogP contribution in [0.4, 0.5) is 0 Å². The van der Waals surface area contributed by atoms with Crippen molar-refractivity contribution in [1.29, 1.82) is 0 Å². The fourth-order valence-corrected chi connectivity index (χ4v) is 3.04. The number of carbonyl (C=O) groups is 1. The van der Waals surface area contributed by atoms with Crippen LogP contribution < -0.4 is 0 Å². The van der Waals surface area contributed by atoms with Gasteiger partial charge in [0.15, 0.2) is 0 Å². The molecule has 0 bridgehead atoms. The Hall–Kier alpha value is -2.81. The van der Waals surface area contributed by atoms with Crippen LogP contribution in [0.5, 0.6) is 0 Å². The zero-order valence-corrected chi connectivity index (χ0v) is 12.1. The maximum atomic E-state index is 12.5. The van der Waals surface area contributed by atoms with Gasteiger partial charge in [-0.2, -0.15) is 0 Å². The van der Waals surface area contributed by atoms with Crippen molar-refractivity contribution in [2.75, 3.05) is 0 Å². The average molecular weight is 288 g/mol. The van der Waals surface area contributed by atoms with Crippen molar-refractivity contribution >= 4 is 5.91 Å². The van der Waals surface area contributed by atoms with Crippen LogP contribution >= 0.6 is 0 Å². The molecule has 108 valence electrons. The van der Waals surface area contributed by atoms with Gasteiger partial charge in [0, 0.05) is 36.7 Å². The Morgan fingerprint density at radius 3 is 2.41 bits per heavy atom. The van der Waals surface area contributed by atoms with Gasteiger partial charge in [-0.3, -0.25) is 4.79 Å². The number of aromatic nitrogens is 1. The van der Waals surface area contributed by atoms with Crippen molar-refractivity contribution in [2.24, 2.45) is 0 Å². The van der Waals surface area contributed by atoms with Crippen LogP contribution in [0.3, 0.4) is 0 Å². The van der Waals surface area contributed by atoms with Crippen LogP contribution in [0.25, 0.3) is 5.69 Å². The summed E-state index contributed by atoms with van der Waals surface area (Å²) in [5.41, 5.74) is 4.23. The van der Waals surface area contributed by atoms with Crippen molar-refractivity contribution in [3.63, 3.8) is 0 Å². The van der Waals surface area contributed by atoms with Crippen molar-refractivity contribution in [1.82, 2.24) is 9.47 Å². The first-order valence-electron chi connectivity index (χ1n) is 7.41. The third-order valence-corrected chi connectivity index (χ3v) is 4.13. The van der Waals surface area contributed by atoms with Gasteiger partial charge in [0.25, 0.3) is 5.91 Å². The number of rotatable bonds is 3. The van der Waals surface area contributed by atoms with E-state index in [1.165, 1.54) is 0 Å². The summed E-state index contributed by atoms with van der Waals surface area (Å²) in [6.07, 6.45) is 4.05. The van der Waals surface area contributed by atoms with E-state index < -0.39 is 0 Å². The standard InChI is InChI=1S/C19H16N2O/c22-19-17-9-3-1-7-15(17)13-21(19)14-16-8-2-4-10-18(16)20-11-5-6-12-20/h1-12H,13-14H2. The molecule has 1 aliphatic heterocycles. The Labute approximate surface area is 129 Å². The van der Waals surface area contributed by atoms with Gasteiger partial charge in [0.2, 0.25) is 0 Å². The number of nitrogens with zero attached hydrogens (tertiary/aromatic N) is 2. The Kier molecular flexibility index (Phi) is 3.04. The average Bonchev–Trinajstić information content (AvgIpc) is 3.18. The van der Waals surface area contributed by atoms with E-state index in [9.17, 15) is 4.79 Å². The number of benzene rings is 2. The summed E-state index contributed by atoms with van der Waals surface area (Å²) < 4.78 is 2.09. The number of carbonyl (C=O) groups excluding carboxylic acids is 1. The van der Waals surface area contributed by atoms with E-state index in [0.29, 0.717) is 13.1 Å². The molecular weight excluding hydrogens is 272 g/mol. The lowest BCUT2D eigenvalue weighted by atomic mass is 10.1. The number of hydrogen-bond acceptors (Lipinski definition) is 1. The molecule has 4 rings (SSSR count). The third-order valence-electron chi connectivity index (χ3n) is 4.13. The Bertz CT molecular complexity index is 821. The highest BCUT2D eigenvalue weighted by Crippen LogP contribution is 2.25. The zero-order chi connectivity index (χ0) is 14.9. The van der Waals surface area contributed by atoms with Crippen molar-refractivity contribution in [3.8, 4) is 5.69 Å². The number of amides is 1. The highest BCUT2D eigenvalue weighted by atomic mass is 16.2. The number of fused-ring (bicyclic) bond motifs is 1. The Morgan fingerprint density at radius 1 is 0.864 bits per heavy atom. The van der Waals surface area contributed by atoms with Crippen LogP contribution in [0, 0.1) is 0 Å². The molecule has 0 radical (unpaired) electrons. The molecule has 0 saturated heterocycles. The van der Waals surface area contributed by atoms with Crippen LogP contribution in [-0.4, -0.2) is 15.4 Å². The van der Waals surface area contributed by atoms with Gasteiger partial charge in [0.1, 0.15) is 0 Å². The first kappa shape index (κ1) is 12.9. The summed E-state index contributed by atoms with van der Waals surface area (Å²) in [6, 6.07) is 20.1. The van der Waals surface area contributed by atoms with E-state index in [1.54, 1.807) is 0 Å². The lowest BCUT2D eigenvalue weighted by molar-refractivity contribution is 0.0766. The van der Waals surface area contributed by atoms with E-state index >= 15 is 0 Å². The van der Waals surface area contributed by atoms with Crippen molar-refractivity contribution in [3.05, 3.63) is 89.7 Å². The van der Waals surface area contributed by atoms with Gasteiger partial charge in [0.05, 0.1) is 0 Å². The van der Waals surface area contributed by atoms with Crippen LogP contribution in [0.1, 0.15) is 21.5 Å². The highest BCUT2D eigenvalue weighted by Gasteiger charge is 2.27. The first-order chi connectivity index (χ1) is 10.8. The number of para-hydroxylation sites is 1. The van der Waals surface area contributed by atoms with Gasteiger partial charge in [-0.25, -0.2) is 0 Å². The van der Waals surface area contributed by atoms with Crippen molar-refractivity contribution in [2.45, 2.75) is 13.1 Å². The number of hydrogen-bond donors (Lipinski definition) is 0. The molecule has 22 heavy (non-hydrogen) atoms. The molecule has 1 amide bonds. The van der Waals surface area contributed by atoms with Gasteiger partial charge in [-0.05, 0) is 35.4 Å². The van der Waals surface area contributed by atoms with E-state index in [-0.39, 0.29) is 5.91 Å². The molecule has 0 spiro atoms. The summed E-state index contributed by atoms with van der Waals surface area (Å²) in [5.74, 6) is 0.123. The lowest BCUT2D eigenvalue weighted by Crippen LogP contribution is -2.23. The molecule has 3 aromatic rings. The van der Waals surface area contributed by atoms with E-state index in [1.807, 2.05) is 65.8 Å². The third kappa shape index (κ3) is 2.11. The second-order valence-electron chi connectivity index (χ2n) is 5.54. The maximum absolute atomic E-state index is 12.5. The summed E-state index contributed by atoms with van der Waals surface area (Å²) in [6.45, 7) is 1.32. The molecule has 2 aromatic carbocycles. The molecule has 1 aromatic heterocycles. The summed E-state index contributed by atoms with van der Waals surface area (Å²) in [4.78, 5) is 14.4. The minimum absolute atomic E-state index is 0.123. The normalized spacial score (nSPS) is 13.5.